The number of aliphatic carboxylic acids is 1. The second kappa shape index (κ2) is 23.7. The Morgan fingerprint density at radius 3 is 2.06 bits per heavy atom. The van der Waals surface area contributed by atoms with Crippen LogP contribution in [0.3, 0.4) is 0 Å². The number of allylic oxidation sites excluding steroid dienone is 1. The first-order valence-corrected chi connectivity index (χ1v) is 17.5. The number of carbonyl (C=O) groups is 3. The fourth-order valence-corrected chi connectivity index (χ4v) is 5.88. The van der Waals surface area contributed by atoms with Crippen molar-refractivity contribution < 1.29 is 42.9 Å². The maximum Gasteiger partial charge on any atom is 0.328 e. The van der Waals surface area contributed by atoms with E-state index in [4.69, 9.17) is 4.74 Å². The van der Waals surface area contributed by atoms with Gasteiger partial charge in [-0.15, -0.1) is 0 Å². The third-order valence-corrected chi connectivity index (χ3v) is 8.69. The number of ether oxygens (including phenoxy) is 1. The number of unbranched alkanes of at least 4 members (excludes halogenated alkanes) is 8. The minimum absolute atomic E-state index is 0. The van der Waals surface area contributed by atoms with E-state index in [0.717, 1.165) is 38.5 Å². The zero-order chi connectivity index (χ0) is 35.4. The van der Waals surface area contributed by atoms with Crippen molar-refractivity contribution in [2.45, 2.75) is 122 Å². The van der Waals surface area contributed by atoms with Crippen LogP contribution in [0, 0.1) is 17.7 Å². The molecule has 0 aliphatic heterocycles. The predicted octanol–water partition coefficient (Wildman–Crippen LogP) is 8.88. The van der Waals surface area contributed by atoms with Gasteiger partial charge in [-0.25, -0.2) is 18.0 Å². The van der Waals surface area contributed by atoms with Crippen molar-refractivity contribution in [3.05, 3.63) is 72.1 Å². The summed E-state index contributed by atoms with van der Waals surface area (Å²) in [7, 11) is 1.22. The molecule has 3 atom stereocenters. The normalized spacial score (nSPS) is 13.3. The highest BCUT2D eigenvalue weighted by Crippen LogP contribution is 2.29. The molecule has 0 radical (unpaired) electrons. The number of methoxy groups -OCH3 is 1. The summed E-state index contributed by atoms with van der Waals surface area (Å²) < 4.78 is 47.5. The Bertz CT molecular complexity index is 1280. The fourth-order valence-electron chi connectivity index (χ4n) is 5.88. The standard InChI is InChI=1S/C39H54F3NO5.H2O/c1-4-6-7-11-16-26-39(41,42)27-17-12-9-8-10-13-20-32(33(18-5-2)37(45)46)36(44)43-35(38(47)48-3)28-29-22-24-30(25-23-29)31-19-14-15-21-34(31)40;/h13-15,19-25,32-33,35H,4-12,16-18,26-28H2,1-3H3,(H,43,44)(H,45,46);1H2/b20-13+;/t32-,33+,35-;/m0./s1. The molecule has 7 nitrogen and oxygen atoms in total. The van der Waals surface area contributed by atoms with Gasteiger partial charge in [0.15, 0.2) is 0 Å². The Kier molecular flexibility index (Phi) is 20.9. The lowest BCUT2D eigenvalue weighted by atomic mass is 9.86. The lowest BCUT2D eigenvalue weighted by Crippen LogP contribution is -2.47. The van der Waals surface area contributed by atoms with Crippen LogP contribution in [0.5, 0.6) is 0 Å². The van der Waals surface area contributed by atoms with Gasteiger partial charge in [-0.3, -0.25) is 9.59 Å². The Morgan fingerprint density at radius 1 is 0.878 bits per heavy atom. The molecule has 2 rings (SSSR count). The van der Waals surface area contributed by atoms with Gasteiger partial charge in [-0.2, -0.15) is 0 Å². The van der Waals surface area contributed by atoms with E-state index in [1.165, 1.54) is 13.2 Å². The summed E-state index contributed by atoms with van der Waals surface area (Å²) >= 11 is 0. The number of rotatable bonds is 24. The molecular weight excluding hydrogens is 635 g/mol. The van der Waals surface area contributed by atoms with Gasteiger partial charge in [0.25, 0.3) is 0 Å². The number of alkyl halides is 2. The molecular formula is C39H56F3NO6. The van der Waals surface area contributed by atoms with Gasteiger partial charge < -0.3 is 20.6 Å². The summed E-state index contributed by atoms with van der Waals surface area (Å²) in [6.45, 7) is 3.94. The van der Waals surface area contributed by atoms with E-state index in [2.05, 4.69) is 12.2 Å². The number of carbonyl (C=O) groups excluding carboxylic acids is 2. The van der Waals surface area contributed by atoms with E-state index in [0.29, 0.717) is 48.8 Å². The lowest BCUT2D eigenvalue weighted by Gasteiger charge is -2.23. The highest BCUT2D eigenvalue weighted by atomic mass is 19.3. The van der Waals surface area contributed by atoms with E-state index in [1.807, 2.05) is 6.92 Å². The number of amides is 1. The quantitative estimate of drug-likeness (QED) is 0.0647. The van der Waals surface area contributed by atoms with Gasteiger partial charge in [-0.1, -0.05) is 113 Å². The summed E-state index contributed by atoms with van der Waals surface area (Å²) in [6.07, 6.45) is 11.9. The van der Waals surface area contributed by atoms with Crippen molar-refractivity contribution in [1.29, 1.82) is 0 Å². The first kappa shape index (κ1) is 43.4. The van der Waals surface area contributed by atoms with Crippen LogP contribution < -0.4 is 5.32 Å². The first-order valence-electron chi connectivity index (χ1n) is 17.5. The van der Waals surface area contributed by atoms with Crippen molar-refractivity contribution in [2.75, 3.05) is 7.11 Å². The van der Waals surface area contributed by atoms with Gasteiger partial charge in [0.2, 0.25) is 11.8 Å². The molecule has 49 heavy (non-hydrogen) atoms. The molecule has 4 N–H and O–H groups in total. The minimum Gasteiger partial charge on any atom is -0.481 e. The second-order valence-electron chi connectivity index (χ2n) is 12.6. The molecule has 0 heterocycles. The van der Waals surface area contributed by atoms with Crippen LogP contribution in [0.2, 0.25) is 0 Å². The summed E-state index contributed by atoms with van der Waals surface area (Å²) in [4.78, 5) is 38.4. The van der Waals surface area contributed by atoms with Crippen molar-refractivity contribution in [1.82, 2.24) is 5.32 Å². The van der Waals surface area contributed by atoms with Crippen LogP contribution in [-0.4, -0.2) is 47.5 Å². The number of esters is 1. The molecule has 0 aliphatic carbocycles. The Labute approximate surface area is 290 Å². The number of benzene rings is 2. The molecule has 0 saturated heterocycles. The maximum absolute atomic E-state index is 14.2. The zero-order valence-corrected chi connectivity index (χ0v) is 29.3. The van der Waals surface area contributed by atoms with Crippen LogP contribution in [0.15, 0.2) is 60.7 Å². The molecule has 2 aromatic rings. The average molecular weight is 692 g/mol. The van der Waals surface area contributed by atoms with Gasteiger partial charge in [0.05, 0.1) is 18.9 Å². The van der Waals surface area contributed by atoms with E-state index < -0.39 is 41.6 Å². The third kappa shape index (κ3) is 16.1. The third-order valence-electron chi connectivity index (χ3n) is 8.69. The van der Waals surface area contributed by atoms with Gasteiger partial charge >= 0.3 is 11.9 Å². The molecule has 0 fully saturated rings. The second-order valence-corrected chi connectivity index (χ2v) is 12.6. The topological polar surface area (TPSA) is 124 Å². The molecule has 274 valence electrons. The number of nitrogens with one attached hydrogen (secondary N) is 1. The van der Waals surface area contributed by atoms with E-state index in [9.17, 15) is 32.7 Å². The molecule has 10 heteroatoms. The monoisotopic (exact) mass is 691 g/mol. The van der Waals surface area contributed by atoms with Gasteiger partial charge in [0.1, 0.15) is 11.9 Å². The Balaban J connectivity index is 0.0000120. The highest BCUT2D eigenvalue weighted by Gasteiger charge is 2.34. The summed E-state index contributed by atoms with van der Waals surface area (Å²) in [5.74, 6) is -7.36. The summed E-state index contributed by atoms with van der Waals surface area (Å²) in [6, 6.07) is 12.3. The largest absolute Gasteiger partial charge is 0.481 e. The van der Waals surface area contributed by atoms with Crippen LogP contribution in [0.1, 0.15) is 109 Å². The zero-order valence-electron chi connectivity index (χ0n) is 29.3. The lowest BCUT2D eigenvalue weighted by molar-refractivity contribution is -0.148. The maximum atomic E-state index is 14.2. The fraction of sp³-hybridized carbons (Fsp3) is 0.564. The molecule has 0 aromatic heterocycles. The number of halogens is 3. The van der Waals surface area contributed by atoms with Crippen LogP contribution in [-0.2, 0) is 25.5 Å². The molecule has 0 spiro atoms. The molecule has 0 aliphatic rings. The molecule has 0 unspecified atom stereocenters. The SMILES string of the molecule is CCCCCCCC(F)(F)CCCCCC/C=C/[C@H](C(=O)N[C@@H](Cc1ccc(-c2ccccc2F)cc1)C(=O)OC)[C@@H](CCC)C(=O)O.O. The van der Waals surface area contributed by atoms with Crippen LogP contribution in [0.4, 0.5) is 13.2 Å². The van der Waals surface area contributed by atoms with Crippen LogP contribution >= 0.6 is 0 Å². The Hall–Kier alpha value is -3.66. The molecule has 0 bridgehead atoms. The molecule has 2 aromatic carbocycles. The number of hydrogen-bond acceptors (Lipinski definition) is 4. The predicted molar refractivity (Wildman–Crippen MR) is 188 cm³/mol. The smallest absolute Gasteiger partial charge is 0.328 e. The summed E-state index contributed by atoms with van der Waals surface area (Å²) in [5.41, 5.74) is 1.80. The van der Waals surface area contributed by atoms with Crippen molar-refractivity contribution in [3.8, 4) is 11.1 Å². The van der Waals surface area contributed by atoms with E-state index >= 15 is 0 Å². The van der Waals surface area contributed by atoms with Crippen molar-refractivity contribution in [3.63, 3.8) is 0 Å². The van der Waals surface area contributed by atoms with Crippen molar-refractivity contribution >= 4 is 17.8 Å². The summed E-state index contributed by atoms with van der Waals surface area (Å²) in [5, 5.41) is 12.7. The van der Waals surface area contributed by atoms with E-state index in [1.54, 1.807) is 54.6 Å². The van der Waals surface area contributed by atoms with Gasteiger partial charge in [-0.05, 0) is 49.3 Å². The van der Waals surface area contributed by atoms with Crippen LogP contribution in [0.25, 0.3) is 11.1 Å². The van der Waals surface area contributed by atoms with Gasteiger partial charge in [0, 0.05) is 24.8 Å². The number of carboxylic acids is 1. The molecule has 0 saturated carbocycles. The Morgan fingerprint density at radius 2 is 1.49 bits per heavy atom. The highest BCUT2D eigenvalue weighted by molar-refractivity contribution is 5.90. The number of hydrogen-bond donors (Lipinski definition) is 2. The van der Waals surface area contributed by atoms with E-state index in [-0.39, 0.29) is 37.0 Å². The molecule has 1 amide bonds. The average Bonchev–Trinajstić information content (AvgIpc) is 3.06. The minimum atomic E-state index is -2.62. The van der Waals surface area contributed by atoms with Crippen molar-refractivity contribution in [2.24, 2.45) is 11.8 Å². The first-order chi connectivity index (χ1) is 23.0. The number of carboxylic acid groups (broad SMARTS) is 1.